The lowest BCUT2D eigenvalue weighted by Crippen LogP contribution is -1.99. The van der Waals surface area contributed by atoms with E-state index in [4.69, 9.17) is 0 Å². The first-order valence-electron chi connectivity index (χ1n) is 4.42. The summed E-state index contributed by atoms with van der Waals surface area (Å²) in [4.78, 5) is 18.7. The fraction of sp³-hybridized carbons (Fsp3) is 0.300. The molecular formula is C10H12FNO3. The summed E-state index contributed by atoms with van der Waals surface area (Å²) in [5.41, 5.74) is 0. The summed E-state index contributed by atoms with van der Waals surface area (Å²) < 4.78 is 11.9. The summed E-state index contributed by atoms with van der Waals surface area (Å²) in [6.07, 6.45) is 1.33. The Morgan fingerprint density at radius 2 is 1.93 bits per heavy atom. The molecule has 0 saturated heterocycles. The van der Waals surface area contributed by atoms with Crippen LogP contribution in [-0.4, -0.2) is 17.8 Å². The second kappa shape index (κ2) is 8.80. The number of nitro groups is 1. The summed E-state index contributed by atoms with van der Waals surface area (Å²) >= 11 is 0. The molecule has 0 unspecified atom stereocenters. The highest BCUT2D eigenvalue weighted by Gasteiger charge is 1.92. The van der Waals surface area contributed by atoms with Crippen LogP contribution in [-0.2, 0) is 4.79 Å². The van der Waals surface area contributed by atoms with Crippen LogP contribution in [0.2, 0.25) is 0 Å². The number of nitrogens with zero attached hydrogens (tertiary/aromatic N) is 1. The molecule has 82 valence electrons. The minimum atomic E-state index is -0.427. The summed E-state index contributed by atoms with van der Waals surface area (Å²) in [7, 11) is 0. The van der Waals surface area contributed by atoms with Crippen LogP contribution in [0.4, 0.5) is 4.39 Å². The van der Waals surface area contributed by atoms with Gasteiger partial charge < -0.3 is 4.79 Å². The van der Waals surface area contributed by atoms with Gasteiger partial charge in [-0.25, -0.2) is 4.39 Å². The lowest BCUT2D eigenvalue weighted by Gasteiger charge is -1.84. The molecule has 1 aromatic rings. The number of benzene rings is 1. The van der Waals surface area contributed by atoms with Gasteiger partial charge in [0.2, 0.25) is 6.54 Å². The number of aldehydes is 1. The van der Waals surface area contributed by atoms with E-state index in [9.17, 15) is 19.3 Å². The summed E-state index contributed by atoms with van der Waals surface area (Å²) in [6.45, 7) is -0.0985. The third-order valence-corrected chi connectivity index (χ3v) is 1.40. The highest BCUT2D eigenvalue weighted by atomic mass is 19.1. The molecule has 0 spiro atoms. The normalized spacial score (nSPS) is 8.60. The van der Waals surface area contributed by atoms with Gasteiger partial charge in [-0.05, 0) is 12.1 Å². The van der Waals surface area contributed by atoms with E-state index in [1.165, 1.54) is 12.1 Å². The van der Waals surface area contributed by atoms with Gasteiger partial charge in [0.15, 0.2) is 0 Å². The molecule has 1 rings (SSSR count). The highest BCUT2D eigenvalue weighted by Crippen LogP contribution is 1.91. The zero-order valence-corrected chi connectivity index (χ0v) is 8.14. The summed E-state index contributed by atoms with van der Waals surface area (Å²) in [5, 5.41) is 9.56. The average Bonchev–Trinajstić information content (AvgIpc) is 2.20. The van der Waals surface area contributed by atoms with Crippen molar-refractivity contribution >= 4 is 6.29 Å². The molecule has 0 aliphatic carbocycles. The average molecular weight is 213 g/mol. The lowest BCUT2D eigenvalue weighted by molar-refractivity contribution is -0.480. The molecule has 0 aliphatic rings. The van der Waals surface area contributed by atoms with Crippen molar-refractivity contribution in [2.45, 2.75) is 12.8 Å². The smallest absolute Gasteiger partial charge is 0.204 e. The molecule has 0 radical (unpaired) electrons. The van der Waals surface area contributed by atoms with Crippen LogP contribution >= 0.6 is 0 Å². The first-order valence-corrected chi connectivity index (χ1v) is 4.42. The van der Waals surface area contributed by atoms with Gasteiger partial charge in [0.05, 0.1) is 0 Å². The molecule has 0 heterocycles. The molecule has 5 heteroatoms. The second-order valence-electron chi connectivity index (χ2n) is 2.66. The predicted octanol–water partition coefficient (Wildman–Crippen LogP) is 2.07. The molecule has 0 bridgehead atoms. The van der Waals surface area contributed by atoms with Gasteiger partial charge in [0.1, 0.15) is 12.1 Å². The Kier molecular flexibility index (Phi) is 7.76. The molecule has 0 fully saturated rings. The van der Waals surface area contributed by atoms with Crippen LogP contribution in [0.1, 0.15) is 12.8 Å². The standard InChI is InChI=1S/C6H5F.C4H7NO3/c7-6-4-2-1-3-5-6;6-4-2-1-3-5(7)8/h1-5H;4H,1-3H2. The van der Waals surface area contributed by atoms with Crippen molar-refractivity contribution in [1.29, 1.82) is 0 Å². The molecule has 4 nitrogen and oxygen atoms in total. The zero-order chi connectivity index (χ0) is 11.5. The van der Waals surface area contributed by atoms with Crippen LogP contribution in [0.5, 0.6) is 0 Å². The molecule has 0 aliphatic heterocycles. The first kappa shape index (κ1) is 13.2. The lowest BCUT2D eigenvalue weighted by atomic mass is 10.3. The van der Waals surface area contributed by atoms with Crippen molar-refractivity contribution in [1.82, 2.24) is 0 Å². The monoisotopic (exact) mass is 213 g/mol. The van der Waals surface area contributed by atoms with Gasteiger partial charge in [-0.2, -0.15) is 0 Å². The van der Waals surface area contributed by atoms with E-state index in [0.29, 0.717) is 19.1 Å². The van der Waals surface area contributed by atoms with E-state index in [-0.39, 0.29) is 12.4 Å². The van der Waals surface area contributed by atoms with Gasteiger partial charge >= 0.3 is 0 Å². The Balaban J connectivity index is 0.000000262. The van der Waals surface area contributed by atoms with Gasteiger partial charge in [-0.15, -0.1) is 0 Å². The topological polar surface area (TPSA) is 60.2 Å². The fourth-order valence-electron chi connectivity index (χ4n) is 0.718. The first-order chi connectivity index (χ1) is 7.16. The van der Waals surface area contributed by atoms with E-state index >= 15 is 0 Å². The molecule has 15 heavy (non-hydrogen) atoms. The molecule has 0 amide bonds. The molecule has 0 saturated carbocycles. The number of carbonyl (C=O) groups is 1. The maximum absolute atomic E-state index is 11.9. The number of rotatable bonds is 4. The van der Waals surface area contributed by atoms with Crippen molar-refractivity contribution in [2.75, 3.05) is 6.54 Å². The van der Waals surface area contributed by atoms with Crippen molar-refractivity contribution in [3.8, 4) is 0 Å². The Labute approximate surface area is 86.9 Å². The molecule has 1 aromatic carbocycles. The Bertz CT molecular complexity index is 290. The zero-order valence-electron chi connectivity index (χ0n) is 8.14. The van der Waals surface area contributed by atoms with Crippen LogP contribution in [0.3, 0.4) is 0 Å². The minimum Gasteiger partial charge on any atom is -0.303 e. The molecule has 0 N–H and O–H groups in total. The second-order valence-corrected chi connectivity index (χ2v) is 2.66. The highest BCUT2D eigenvalue weighted by molar-refractivity contribution is 5.48. The van der Waals surface area contributed by atoms with Crippen molar-refractivity contribution < 1.29 is 14.1 Å². The van der Waals surface area contributed by atoms with Crippen molar-refractivity contribution in [2.24, 2.45) is 0 Å². The minimum absolute atomic E-state index is 0.0985. The summed E-state index contributed by atoms with van der Waals surface area (Å²) in [5.74, 6) is -0.178. The van der Waals surface area contributed by atoms with Crippen LogP contribution in [0.25, 0.3) is 0 Å². The van der Waals surface area contributed by atoms with Crippen molar-refractivity contribution in [3.05, 3.63) is 46.3 Å². The Hall–Kier alpha value is -1.78. The molecule has 0 aromatic heterocycles. The largest absolute Gasteiger partial charge is 0.303 e. The number of halogens is 1. The van der Waals surface area contributed by atoms with E-state index < -0.39 is 4.92 Å². The Morgan fingerprint density at radius 1 is 1.33 bits per heavy atom. The van der Waals surface area contributed by atoms with E-state index in [1.807, 2.05) is 0 Å². The SMILES string of the molecule is Fc1ccccc1.O=CCCC[N+](=O)[O-]. The van der Waals surface area contributed by atoms with Gasteiger partial charge in [0.25, 0.3) is 0 Å². The fourth-order valence-corrected chi connectivity index (χ4v) is 0.718. The molecule has 0 atom stereocenters. The van der Waals surface area contributed by atoms with E-state index in [1.54, 1.807) is 18.2 Å². The van der Waals surface area contributed by atoms with Crippen molar-refractivity contribution in [3.63, 3.8) is 0 Å². The van der Waals surface area contributed by atoms with Gasteiger partial charge in [-0.3, -0.25) is 10.1 Å². The third-order valence-electron chi connectivity index (χ3n) is 1.40. The van der Waals surface area contributed by atoms with Crippen LogP contribution < -0.4 is 0 Å². The maximum atomic E-state index is 11.9. The third kappa shape index (κ3) is 10.1. The molecular weight excluding hydrogens is 201 g/mol. The van der Waals surface area contributed by atoms with Crippen LogP contribution in [0, 0.1) is 15.9 Å². The van der Waals surface area contributed by atoms with E-state index in [2.05, 4.69) is 0 Å². The Morgan fingerprint density at radius 3 is 2.27 bits per heavy atom. The number of unbranched alkanes of at least 4 members (excludes halogenated alkanes) is 1. The number of hydrogen-bond acceptors (Lipinski definition) is 3. The number of hydrogen-bond donors (Lipinski definition) is 0. The number of carbonyl (C=O) groups excluding carboxylic acids is 1. The van der Waals surface area contributed by atoms with Crippen LogP contribution in [0.15, 0.2) is 30.3 Å². The van der Waals surface area contributed by atoms with Gasteiger partial charge in [0, 0.05) is 17.8 Å². The predicted molar refractivity (Wildman–Crippen MR) is 53.6 cm³/mol. The summed E-state index contributed by atoms with van der Waals surface area (Å²) in [6, 6.07) is 7.94. The van der Waals surface area contributed by atoms with E-state index in [0.717, 1.165) is 0 Å². The maximum Gasteiger partial charge on any atom is 0.204 e. The quantitative estimate of drug-likeness (QED) is 0.333. The van der Waals surface area contributed by atoms with Gasteiger partial charge in [-0.1, -0.05) is 18.2 Å².